The average Bonchev–Trinajstić information content (AvgIpc) is 2.97. The average molecular weight is 337 g/mol. The van der Waals surface area contributed by atoms with Crippen LogP contribution < -0.4 is 4.74 Å². The molecular formula is C20H19NO4. The number of carbonyl (C=O) groups is 2. The van der Waals surface area contributed by atoms with E-state index in [-0.39, 0.29) is 6.61 Å². The molecule has 5 nitrogen and oxygen atoms in total. The van der Waals surface area contributed by atoms with E-state index in [1.165, 1.54) is 0 Å². The third-order valence-corrected chi connectivity index (χ3v) is 3.93. The summed E-state index contributed by atoms with van der Waals surface area (Å²) in [5.41, 5.74) is 2.79. The van der Waals surface area contributed by atoms with Crippen LogP contribution in [0.3, 0.4) is 0 Å². The molecule has 2 aromatic heterocycles. The molecule has 0 atom stereocenters. The van der Waals surface area contributed by atoms with Gasteiger partial charge < -0.3 is 13.9 Å². The molecule has 0 radical (unpaired) electrons. The van der Waals surface area contributed by atoms with Crippen molar-refractivity contribution in [1.29, 1.82) is 0 Å². The van der Waals surface area contributed by atoms with Gasteiger partial charge in [-0.25, -0.2) is 4.79 Å². The van der Waals surface area contributed by atoms with Crippen LogP contribution in [0, 0.1) is 0 Å². The highest BCUT2D eigenvalue weighted by atomic mass is 16.5. The van der Waals surface area contributed by atoms with Crippen molar-refractivity contribution in [2.24, 2.45) is 0 Å². The maximum absolute atomic E-state index is 12.6. The van der Waals surface area contributed by atoms with Crippen molar-refractivity contribution in [2.75, 3.05) is 13.2 Å². The van der Waals surface area contributed by atoms with E-state index in [0.717, 1.165) is 17.6 Å². The van der Waals surface area contributed by atoms with Gasteiger partial charge in [0.15, 0.2) is 6.29 Å². The molecule has 0 N–H and O–H groups in total. The maximum Gasteiger partial charge on any atom is 0.340 e. The van der Waals surface area contributed by atoms with Gasteiger partial charge in [0.25, 0.3) is 0 Å². The van der Waals surface area contributed by atoms with Crippen molar-refractivity contribution in [3.63, 3.8) is 0 Å². The highest BCUT2D eigenvalue weighted by Crippen LogP contribution is 2.34. The Balaban J connectivity index is 2.26. The third-order valence-electron chi connectivity index (χ3n) is 3.93. The van der Waals surface area contributed by atoms with Crippen molar-refractivity contribution in [1.82, 2.24) is 4.40 Å². The normalized spacial score (nSPS) is 10.6. The summed E-state index contributed by atoms with van der Waals surface area (Å²) in [5, 5.41) is 0. The molecule has 0 aliphatic heterocycles. The quantitative estimate of drug-likeness (QED) is 0.504. The summed E-state index contributed by atoms with van der Waals surface area (Å²) in [5.74, 6) is 0.295. The Morgan fingerprint density at radius 3 is 2.48 bits per heavy atom. The topological polar surface area (TPSA) is 57.0 Å². The molecule has 3 rings (SSSR count). The predicted molar refractivity (Wildman–Crippen MR) is 95.3 cm³/mol. The number of pyridine rings is 1. The Hall–Kier alpha value is -3.08. The smallest absolute Gasteiger partial charge is 0.340 e. The molecule has 0 bridgehead atoms. The summed E-state index contributed by atoms with van der Waals surface area (Å²) in [6, 6.07) is 12.8. The second kappa shape index (κ2) is 7.21. The molecule has 3 aromatic rings. The van der Waals surface area contributed by atoms with Crippen molar-refractivity contribution >= 4 is 17.8 Å². The summed E-state index contributed by atoms with van der Waals surface area (Å²) in [4.78, 5) is 24.4. The summed E-state index contributed by atoms with van der Waals surface area (Å²) < 4.78 is 12.4. The van der Waals surface area contributed by atoms with E-state index in [0.29, 0.717) is 28.9 Å². The number of ether oxygens (including phenoxy) is 2. The van der Waals surface area contributed by atoms with E-state index in [9.17, 15) is 9.59 Å². The molecule has 0 fully saturated rings. The first-order valence-corrected chi connectivity index (χ1v) is 8.19. The molecule has 0 unspecified atom stereocenters. The van der Waals surface area contributed by atoms with E-state index in [4.69, 9.17) is 9.47 Å². The first-order chi connectivity index (χ1) is 12.2. The van der Waals surface area contributed by atoms with Crippen LogP contribution in [0.4, 0.5) is 0 Å². The SMILES string of the molecule is CCOC(=O)c1c(-c2ccc(OCC)cc2)c(C=O)n2ccccc12. The van der Waals surface area contributed by atoms with E-state index in [2.05, 4.69) is 0 Å². The first kappa shape index (κ1) is 16.8. The fraction of sp³-hybridized carbons (Fsp3) is 0.200. The lowest BCUT2D eigenvalue weighted by molar-refractivity contribution is 0.0529. The molecule has 0 amide bonds. The zero-order valence-corrected chi connectivity index (χ0v) is 14.2. The lowest BCUT2D eigenvalue weighted by Gasteiger charge is -2.07. The van der Waals surface area contributed by atoms with Crippen LogP contribution in [0.25, 0.3) is 16.6 Å². The molecule has 1 aromatic carbocycles. The standard InChI is InChI=1S/C20H19NO4/c1-3-24-15-10-8-14(9-11-15)18-17(13-22)21-12-6-5-7-16(21)19(18)20(23)25-4-2/h5-13H,3-4H2,1-2H3. The number of fused-ring (bicyclic) bond motifs is 1. The van der Waals surface area contributed by atoms with Gasteiger partial charge in [0.1, 0.15) is 5.75 Å². The van der Waals surface area contributed by atoms with Gasteiger partial charge in [-0.05, 0) is 43.7 Å². The minimum Gasteiger partial charge on any atom is -0.494 e. The predicted octanol–water partition coefficient (Wildman–Crippen LogP) is 3.99. The van der Waals surface area contributed by atoms with E-state index >= 15 is 0 Å². The van der Waals surface area contributed by atoms with Gasteiger partial charge in [-0.2, -0.15) is 0 Å². The third kappa shape index (κ3) is 3.01. The van der Waals surface area contributed by atoms with Gasteiger partial charge in [0.2, 0.25) is 0 Å². The fourth-order valence-corrected chi connectivity index (χ4v) is 2.94. The molecule has 0 saturated heterocycles. The minimum atomic E-state index is -0.441. The van der Waals surface area contributed by atoms with Crippen LogP contribution >= 0.6 is 0 Å². The van der Waals surface area contributed by atoms with Gasteiger partial charge >= 0.3 is 5.97 Å². The summed E-state index contributed by atoms with van der Waals surface area (Å²) >= 11 is 0. The molecule has 128 valence electrons. The summed E-state index contributed by atoms with van der Waals surface area (Å²) in [6.45, 7) is 4.51. The Morgan fingerprint density at radius 1 is 1.08 bits per heavy atom. The van der Waals surface area contributed by atoms with Crippen LogP contribution in [0.5, 0.6) is 5.75 Å². The number of esters is 1. The molecular weight excluding hydrogens is 318 g/mol. The molecule has 0 saturated carbocycles. The fourth-order valence-electron chi connectivity index (χ4n) is 2.94. The Kier molecular flexibility index (Phi) is 4.84. The lowest BCUT2D eigenvalue weighted by Crippen LogP contribution is -2.05. The van der Waals surface area contributed by atoms with Crippen molar-refractivity contribution in [3.8, 4) is 16.9 Å². The Morgan fingerprint density at radius 2 is 1.84 bits per heavy atom. The number of hydrogen-bond donors (Lipinski definition) is 0. The Bertz CT molecular complexity index is 909. The molecule has 5 heteroatoms. The van der Waals surface area contributed by atoms with E-state index in [1.54, 1.807) is 23.6 Å². The van der Waals surface area contributed by atoms with Gasteiger partial charge in [-0.1, -0.05) is 18.2 Å². The minimum absolute atomic E-state index is 0.266. The molecule has 0 aliphatic rings. The van der Waals surface area contributed by atoms with Crippen LogP contribution in [0.15, 0.2) is 48.7 Å². The van der Waals surface area contributed by atoms with Crippen LogP contribution in [0.2, 0.25) is 0 Å². The largest absolute Gasteiger partial charge is 0.494 e. The number of rotatable bonds is 6. The highest BCUT2D eigenvalue weighted by molar-refractivity contribution is 6.09. The van der Waals surface area contributed by atoms with Gasteiger partial charge in [0.05, 0.1) is 30.0 Å². The number of aromatic nitrogens is 1. The van der Waals surface area contributed by atoms with Gasteiger partial charge in [-0.3, -0.25) is 4.79 Å². The number of nitrogens with zero attached hydrogens (tertiary/aromatic N) is 1. The summed E-state index contributed by atoms with van der Waals surface area (Å²) in [6.07, 6.45) is 2.53. The number of carbonyl (C=O) groups excluding carboxylic acids is 2. The highest BCUT2D eigenvalue weighted by Gasteiger charge is 2.25. The molecule has 25 heavy (non-hydrogen) atoms. The maximum atomic E-state index is 12.6. The van der Waals surface area contributed by atoms with Crippen molar-refractivity contribution in [2.45, 2.75) is 13.8 Å². The molecule has 0 spiro atoms. The monoisotopic (exact) mass is 337 g/mol. The number of aldehydes is 1. The van der Waals surface area contributed by atoms with Crippen LogP contribution in [-0.2, 0) is 4.74 Å². The molecule has 0 aliphatic carbocycles. The lowest BCUT2D eigenvalue weighted by atomic mass is 10.0. The molecule has 2 heterocycles. The Labute approximate surface area is 145 Å². The second-order valence-corrected chi connectivity index (χ2v) is 5.39. The van der Waals surface area contributed by atoms with Gasteiger partial charge in [-0.15, -0.1) is 0 Å². The first-order valence-electron chi connectivity index (χ1n) is 8.19. The van der Waals surface area contributed by atoms with Crippen LogP contribution in [-0.4, -0.2) is 29.9 Å². The summed E-state index contributed by atoms with van der Waals surface area (Å²) in [7, 11) is 0. The second-order valence-electron chi connectivity index (χ2n) is 5.39. The van der Waals surface area contributed by atoms with Crippen LogP contribution in [0.1, 0.15) is 34.7 Å². The van der Waals surface area contributed by atoms with Crippen molar-refractivity contribution in [3.05, 3.63) is 59.9 Å². The zero-order chi connectivity index (χ0) is 17.8. The van der Waals surface area contributed by atoms with Crippen molar-refractivity contribution < 1.29 is 19.1 Å². The zero-order valence-electron chi connectivity index (χ0n) is 14.2. The van der Waals surface area contributed by atoms with E-state index in [1.807, 2.05) is 43.3 Å². The number of benzene rings is 1. The van der Waals surface area contributed by atoms with Gasteiger partial charge in [0, 0.05) is 11.8 Å². The number of hydrogen-bond acceptors (Lipinski definition) is 4. The van der Waals surface area contributed by atoms with E-state index < -0.39 is 5.97 Å².